The van der Waals surface area contributed by atoms with Crippen LogP contribution in [0.3, 0.4) is 0 Å². The van der Waals surface area contributed by atoms with Crippen molar-refractivity contribution in [2.75, 3.05) is 19.6 Å². The number of Topliss-reactive ketones (excluding diaryl/α,β-unsaturated/α-hetero) is 1. The predicted octanol–water partition coefficient (Wildman–Crippen LogP) is 2.17. The van der Waals surface area contributed by atoms with E-state index in [9.17, 15) is 28.9 Å². The molecule has 10 nitrogen and oxygen atoms in total. The Labute approximate surface area is 180 Å². The number of fused-ring (bicyclic) bond motifs is 1. The molecule has 3 aromatic rings. The zero-order chi connectivity index (χ0) is 23.0. The van der Waals surface area contributed by atoms with Crippen molar-refractivity contribution in [3.63, 3.8) is 0 Å². The topological polar surface area (TPSA) is 130 Å². The van der Waals surface area contributed by atoms with Crippen LogP contribution in [0, 0.1) is 16.1 Å². The molecule has 3 heterocycles. The van der Waals surface area contributed by atoms with Gasteiger partial charge in [0.15, 0.2) is 0 Å². The molecule has 164 valence electrons. The molecule has 11 heteroatoms. The van der Waals surface area contributed by atoms with Crippen molar-refractivity contribution in [2.24, 2.45) is 0 Å². The summed E-state index contributed by atoms with van der Waals surface area (Å²) >= 11 is 0. The molecule has 0 bridgehead atoms. The maximum absolute atomic E-state index is 13.6. The van der Waals surface area contributed by atoms with E-state index in [-0.39, 0.29) is 42.1 Å². The highest BCUT2D eigenvalue weighted by Gasteiger charge is 2.35. The van der Waals surface area contributed by atoms with Crippen LogP contribution < -0.4 is 0 Å². The summed E-state index contributed by atoms with van der Waals surface area (Å²) < 4.78 is 13.6. The fourth-order valence-electron chi connectivity index (χ4n) is 3.86. The standard InChI is InChI=1S/C21H18FN5O5/c1-12-11-25(20(29)13-5-3-2-4-6-13)7-8-26(12)21(30)18(28)14-10-23-19-17(14)15(27(31)32)9-16(22)24-19/h2-6,9-10,12H,7-8,11H2,1H3,(H,23,24)/t12-/m1/s1. The van der Waals surface area contributed by atoms with Crippen LogP contribution in [0.15, 0.2) is 42.6 Å². The average molecular weight is 439 g/mol. The van der Waals surface area contributed by atoms with Crippen LogP contribution in [0.1, 0.15) is 27.6 Å². The summed E-state index contributed by atoms with van der Waals surface area (Å²) in [5.41, 5.74) is -0.573. The molecule has 1 aliphatic rings. The SMILES string of the molecule is C[C@@H]1CN(C(=O)c2ccccc2)CCN1C(=O)C(=O)c1c[nH]c2nc(F)cc([N+](=O)[O-])c12. The second-order valence-electron chi connectivity index (χ2n) is 7.44. The second kappa shape index (κ2) is 8.17. The van der Waals surface area contributed by atoms with Gasteiger partial charge in [-0.3, -0.25) is 24.5 Å². The number of hydrogen-bond donors (Lipinski definition) is 1. The lowest BCUT2D eigenvalue weighted by molar-refractivity contribution is -0.383. The maximum atomic E-state index is 13.6. The summed E-state index contributed by atoms with van der Waals surface area (Å²) in [7, 11) is 0. The highest BCUT2D eigenvalue weighted by atomic mass is 19.1. The van der Waals surface area contributed by atoms with E-state index >= 15 is 0 Å². The smallest absolute Gasteiger partial charge is 0.295 e. The zero-order valence-electron chi connectivity index (χ0n) is 16.9. The molecule has 1 aromatic carbocycles. The number of nitrogens with zero attached hydrogens (tertiary/aromatic N) is 4. The number of carbonyl (C=O) groups excluding carboxylic acids is 3. The van der Waals surface area contributed by atoms with E-state index < -0.39 is 34.3 Å². The number of pyridine rings is 1. The first-order chi connectivity index (χ1) is 15.3. The molecular formula is C21H18FN5O5. The highest BCUT2D eigenvalue weighted by molar-refractivity contribution is 6.45. The molecular weight excluding hydrogens is 421 g/mol. The molecule has 1 aliphatic heterocycles. The molecule has 1 saturated heterocycles. The van der Waals surface area contributed by atoms with Crippen molar-refractivity contribution in [2.45, 2.75) is 13.0 Å². The minimum Gasteiger partial charge on any atom is -0.345 e. The molecule has 0 spiro atoms. The first kappa shape index (κ1) is 21.1. The number of amides is 2. The number of carbonyl (C=O) groups is 3. The molecule has 1 atom stereocenters. The van der Waals surface area contributed by atoms with E-state index in [0.29, 0.717) is 11.6 Å². The minimum absolute atomic E-state index is 0.127. The minimum atomic E-state index is -1.08. The third-order valence-electron chi connectivity index (χ3n) is 5.42. The molecule has 0 aliphatic carbocycles. The predicted molar refractivity (Wildman–Crippen MR) is 111 cm³/mol. The Morgan fingerprint density at radius 1 is 1.22 bits per heavy atom. The average Bonchev–Trinajstić information content (AvgIpc) is 3.21. The highest BCUT2D eigenvalue weighted by Crippen LogP contribution is 2.29. The van der Waals surface area contributed by atoms with E-state index in [1.54, 1.807) is 42.2 Å². The number of benzene rings is 1. The van der Waals surface area contributed by atoms with E-state index in [0.717, 1.165) is 6.20 Å². The first-order valence-corrected chi connectivity index (χ1v) is 9.79. The van der Waals surface area contributed by atoms with Gasteiger partial charge in [-0.2, -0.15) is 4.39 Å². The van der Waals surface area contributed by atoms with E-state index in [1.165, 1.54) is 4.90 Å². The lowest BCUT2D eigenvalue weighted by Gasteiger charge is -2.39. The van der Waals surface area contributed by atoms with Gasteiger partial charge in [-0.15, -0.1) is 0 Å². The maximum Gasteiger partial charge on any atom is 0.295 e. The van der Waals surface area contributed by atoms with Crippen LogP contribution in [-0.2, 0) is 4.79 Å². The Morgan fingerprint density at radius 3 is 2.59 bits per heavy atom. The fraction of sp³-hybridized carbons (Fsp3) is 0.238. The van der Waals surface area contributed by atoms with Crippen LogP contribution >= 0.6 is 0 Å². The summed E-state index contributed by atoms with van der Waals surface area (Å²) in [6, 6.07) is 8.88. The molecule has 32 heavy (non-hydrogen) atoms. The van der Waals surface area contributed by atoms with E-state index in [1.807, 2.05) is 0 Å². The lowest BCUT2D eigenvalue weighted by atomic mass is 10.1. The summed E-state index contributed by atoms with van der Waals surface area (Å²) in [6.07, 6.45) is 1.12. The number of nitro groups is 1. The Morgan fingerprint density at radius 2 is 1.94 bits per heavy atom. The van der Waals surface area contributed by atoms with Gasteiger partial charge in [0.05, 0.1) is 16.6 Å². The Kier molecular flexibility index (Phi) is 5.39. The Bertz CT molecular complexity index is 1240. The second-order valence-corrected chi connectivity index (χ2v) is 7.44. The molecule has 0 unspecified atom stereocenters. The number of piperazine rings is 1. The third kappa shape index (κ3) is 3.68. The normalized spacial score (nSPS) is 16.2. The van der Waals surface area contributed by atoms with Gasteiger partial charge in [0, 0.05) is 37.4 Å². The molecule has 1 N–H and O–H groups in total. The van der Waals surface area contributed by atoms with Crippen molar-refractivity contribution in [1.82, 2.24) is 19.8 Å². The van der Waals surface area contributed by atoms with Gasteiger partial charge in [-0.25, -0.2) is 4.98 Å². The quantitative estimate of drug-likeness (QED) is 0.218. The molecule has 4 rings (SSSR count). The van der Waals surface area contributed by atoms with Crippen molar-refractivity contribution in [3.8, 4) is 0 Å². The van der Waals surface area contributed by atoms with Crippen LogP contribution in [0.4, 0.5) is 10.1 Å². The van der Waals surface area contributed by atoms with Crippen LogP contribution in [0.2, 0.25) is 0 Å². The number of hydrogen-bond acceptors (Lipinski definition) is 6. The number of rotatable bonds is 4. The molecule has 0 saturated carbocycles. The number of H-pyrrole nitrogens is 1. The number of aromatic amines is 1. The summed E-state index contributed by atoms with van der Waals surface area (Å²) in [4.78, 5) is 58.0. The number of ketones is 1. The van der Waals surface area contributed by atoms with Gasteiger partial charge in [-0.1, -0.05) is 18.2 Å². The number of nitrogens with one attached hydrogen (secondary N) is 1. The van der Waals surface area contributed by atoms with Crippen molar-refractivity contribution < 1.29 is 23.7 Å². The number of halogens is 1. The van der Waals surface area contributed by atoms with Crippen LogP contribution in [-0.4, -0.2) is 68.0 Å². The Balaban J connectivity index is 1.55. The fourth-order valence-corrected chi connectivity index (χ4v) is 3.86. The summed E-state index contributed by atoms with van der Waals surface area (Å²) in [6.45, 7) is 2.30. The van der Waals surface area contributed by atoms with Crippen molar-refractivity contribution in [1.29, 1.82) is 0 Å². The van der Waals surface area contributed by atoms with Crippen LogP contribution in [0.25, 0.3) is 11.0 Å². The Hall–Kier alpha value is -4.15. The summed E-state index contributed by atoms with van der Waals surface area (Å²) in [5.74, 6) is -3.08. The molecule has 2 aromatic heterocycles. The van der Waals surface area contributed by atoms with Gasteiger partial charge >= 0.3 is 0 Å². The van der Waals surface area contributed by atoms with E-state index in [4.69, 9.17) is 0 Å². The third-order valence-corrected chi connectivity index (χ3v) is 5.42. The molecule has 0 radical (unpaired) electrons. The lowest BCUT2D eigenvalue weighted by Crippen LogP contribution is -2.56. The monoisotopic (exact) mass is 439 g/mol. The van der Waals surface area contributed by atoms with E-state index in [2.05, 4.69) is 9.97 Å². The van der Waals surface area contributed by atoms with Gasteiger partial charge in [0.1, 0.15) is 11.0 Å². The van der Waals surface area contributed by atoms with Crippen molar-refractivity contribution >= 4 is 34.3 Å². The van der Waals surface area contributed by atoms with Gasteiger partial charge < -0.3 is 14.8 Å². The zero-order valence-corrected chi connectivity index (χ0v) is 16.9. The summed E-state index contributed by atoms with van der Waals surface area (Å²) in [5, 5.41) is 11.1. The number of aromatic nitrogens is 2. The van der Waals surface area contributed by atoms with Crippen molar-refractivity contribution in [3.05, 3.63) is 69.8 Å². The van der Waals surface area contributed by atoms with Gasteiger partial charge in [0.25, 0.3) is 23.3 Å². The first-order valence-electron chi connectivity index (χ1n) is 9.79. The largest absolute Gasteiger partial charge is 0.345 e. The van der Waals surface area contributed by atoms with Crippen LogP contribution in [0.5, 0.6) is 0 Å². The van der Waals surface area contributed by atoms with Gasteiger partial charge in [0.2, 0.25) is 5.95 Å². The molecule has 1 fully saturated rings. The van der Waals surface area contributed by atoms with Gasteiger partial charge in [-0.05, 0) is 19.1 Å². The molecule has 2 amide bonds.